The van der Waals surface area contributed by atoms with Crippen molar-refractivity contribution in [3.8, 4) is 0 Å². The van der Waals surface area contributed by atoms with Gasteiger partial charge in [0.05, 0.1) is 5.60 Å². The second-order valence-corrected chi connectivity index (χ2v) is 3.54. The fourth-order valence-corrected chi connectivity index (χ4v) is 1.41. The zero-order chi connectivity index (χ0) is 7.61. The molecule has 68 valence electrons. The third kappa shape index (κ3) is 2.62. The van der Waals surface area contributed by atoms with Crippen LogP contribution in [0, 0.1) is 5.92 Å². The molecule has 1 unspecified atom stereocenters. The van der Waals surface area contributed by atoms with Crippen molar-refractivity contribution in [1.29, 1.82) is 0 Å². The third-order valence-corrected chi connectivity index (χ3v) is 2.47. The van der Waals surface area contributed by atoms with Crippen LogP contribution in [-0.2, 0) is 0 Å². The molecule has 2 nitrogen and oxygen atoms in total. The Morgan fingerprint density at radius 1 is 1.45 bits per heavy atom. The maximum atomic E-state index is 9.89. The first-order valence-electron chi connectivity index (χ1n) is 4.08. The van der Waals surface area contributed by atoms with Gasteiger partial charge in [-0.05, 0) is 25.3 Å². The standard InChI is InChI=1S/C8H17NO.ClH/c1-7(2)8(10)4-3-5-9-6-8;/h7,9-10H,3-6H2,1-2H3;1H. The second kappa shape index (κ2) is 4.29. The average Bonchev–Trinajstić information content (AvgIpc) is 1.89. The molecule has 1 aliphatic rings. The van der Waals surface area contributed by atoms with E-state index in [9.17, 15) is 5.11 Å². The van der Waals surface area contributed by atoms with Gasteiger partial charge in [0.15, 0.2) is 0 Å². The Hall–Kier alpha value is 0.210. The largest absolute Gasteiger partial charge is 0.388 e. The second-order valence-electron chi connectivity index (χ2n) is 3.54. The van der Waals surface area contributed by atoms with E-state index in [1.54, 1.807) is 0 Å². The SMILES string of the molecule is CC(C)C1(O)CCCNC1.Cl. The van der Waals surface area contributed by atoms with Crippen LogP contribution in [0.1, 0.15) is 26.7 Å². The van der Waals surface area contributed by atoms with Crippen molar-refractivity contribution in [2.45, 2.75) is 32.3 Å². The van der Waals surface area contributed by atoms with Crippen molar-refractivity contribution in [3.05, 3.63) is 0 Å². The lowest BCUT2D eigenvalue weighted by Gasteiger charge is -2.36. The lowest BCUT2D eigenvalue weighted by molar-refractivity contribution is -0.0249. The van der Waals surface area contributed by atoms with Gasteiger partial charge in [0, 0.05) is 6.54 Å². The summed E-state index contributed by atoms with van der Waals surface area (Å²) in [5.41, 5.74) is -0.432. The summed E-state index contributed by atoms with van der Waals surface area (Å²) in [7, 11) is 0. The molecule has 1 atom stereocenters. The van der Waals surface area contributed by atoms with Gasteiger partial charge in [0.2, 0.25) is 0 Å². The summed E-state index contributed by atoms with van der Waals surface area (Å²) in [5, 5.41) is 13.1. The van der Waals surface area contributed by atoms with Gasteiger partial charge in [0.1, 0.15) is 0 Å². The predicted octanol–water partition coefficient (Wildman–Crippen LogP) is 1.18. The van der Waals surface area contributed by atoms with Gasteiger partial charge < -0.3 is 10.4 Å². The first-order chi connectivity index (χ1) is 4.65. The first kappa shape index (κ1) is 11.2. The number of nitrogens with one attached hydrogen (secondary N) is 1. The van der Waals surface area contributed by atoms with E-state index in [1.165, 1.54) is 0 Å². The van der Waals surface area contributed by atoms with Crippen molar-refractivity contribution < 1.29 is 5.11 Å². The quantitative estimate of drug-likeness (QED) is 0.634. The minimum Gasteiger partial charge on any atom is -0.388 e. The van der Waals surface area contributed by atoms with Crippen molar-refractivity contribution in [3.63, 3.8) is 0 Å². The predicted molar refractivity (Wildman–Crippen MR) is 49.1 cm³/mol. The topological polar surface area (TPSA) is 32.3 Å². The molecule has 1 heterocycles. The van der Waals surface area contributed by atoms with Crippen LogP contribution in [0.2, 0.25) is 0 Å². The molecule has 1 rings (SSSR count). The molecule has 0 aromatic rings. The van der Waals surface area contributed by atoms with Gasteiger partial charge in [-0.15, -0.1) is 12.4 Å². The van der Waals surface area contributed by atoms with Crippen LogP contribution in [0.4, 0.5) is 0 Å². The molecule has 0 spiro atoms. The highest BCUT2D eigenvalue weighted by Gasteiger charge is 2.31. The van der Waals surface area contributed by atoms with Gasteiger partial charge in [-0.25, -0.2) is 0 Å². The summed E-state index contributed by atoms with van der Waals surface area (Å²) in [6.45, 7) is 5.99. The molecule has 1 fully saturated rings. The Labute approximate surface area is 74.8 Å². The summed E-state index contributed by atoms with van der Waals surface area (Å²) in [6.07, 6.45) is 2.06. The summed E-state index contributed by atoms with van der Waals surface area (Å²) in [5.74, 6) is 0.375. The van der Waals surface area contributed by atoms with E-state index in [0.717, 1.165) is 25.9 Å². The smallest absolute Gasteiger partial charge is 0.0794 e. The molecule has 11 heavy (non-hydrogen) atoms. The number of aliphatic hydroxyl groups is 1. The van der Waals surface area contributed by atoms with E-state index < -0.39 is 5.60 Å². The van der Waals surface area contributed by atoms with Crippen molar-refractivity contribution in [2.75, 3.05) is 13.1 Å². The highest BCUT2D eigenvalue weighted by Crippen LogP contribution is 2.23. The Morgan fingerprint density at radius 2 is 2.09 bits per heavy atom. The molecule has 0 saturated carbocycles. The highest BCUT2D eigenvalue weighted by atomic mass is 35.5. The zero-order valence-corrected chi connectivity index (χ0v) is 8.08. The fourth-order valence-electron chi connectivity index (χ4n) is 1.41. The Balaban J connectivity index is 0.000001000. The molecule has 0 bridgehead atoms. The Morgan fingerprint density at radius 3 is 2.36 bits per heavy atom. The minimum atomic E-state index is -0.432. The van der Waals surface area contributed by atoms with E-state index in [-0.39, 0.29) is 12.4 Å². The third-order valence-electron chi connectivity index (χ3n) is 2.47. The van der Waals surface area contributed by atoms with Gasteiger partial charge in [-0.3, -0.25) is 0 Å². The van der Waals surface area contributed by atoms with Gasteiger partial charge in [0.25, 0.3) is 0 Å². The monoisotopic (exact) mass is 179 g/mol. The van der Waals surface area contributed by atoms with Crippen LogP contribution in [0.15, 0.2) is 0 Å². The molecular formula is C8H18ClNO. The van der Waals surface area contributed by atoms with E-state index >= 15 is 0 Å². The summed E-state index contributed by atoms with van der Waals surface area (Å²) < 4.78 is 0. The van der Waals surface area contributed by atoms with Crippen LogP contribution in [0.3, 0.4) is 0 Å². The van der Waals surface area contributed by atoms with Crippen molar-refractivity contribution in [2.24, 2.45) is 5.92 Å². The van der Waals surface area contributed by atoms with Gasteiger partial charge in [-0.2, -0.15) is 0 Å². The number of piperidine rings is 1. The van der Waals surface area contributed by atoms with E-state index in [2.05, 4.69) is 19.2 Å². The molecule has 0 aromatic carbocycles. The number of rotatable bonds is 1. The van der Waals surface area contributed by atoms with Crippen LogP contribution < -0.4 is 5.32 Å². The molecular weight excluding hydrogens is 162 g/mol. The molecule has 0 radical (unpaired) electrons. The van der Waals surface area contributed by atoms with Crippen LogP contribution in [0.5, 0.6) is 0 Å². The van der Waals surface area contributed by atoms with E-state index in [0.29, 0.717) is 5.92 Å². The lowest BCUT2D eigenvalue weighted by Crippen LogP contribution is -2.49. The molecule has 1 aliphatic heterocycles. The van der Waals surface area contributed by atoms with E-state index in [1.807, 2.05) is 0 Å². The first-order valence-corrected chi connectivity index (χ1v) is 4.08. The lowest BCUT2D eigenvalue weighted by atomic mass is 9.84. The highest BCUT2D eigenvalue weighted by molar-refractivity contribution is 5.85. The molecule has 2 N–H and O–H groups in total. The molecule has 0 amide bonds. The van der Waals surface area contributed by atoms with E-state index in [4.69, 9.17) is 0 Å². The maximum absolute atomic E-state index is 9.89. The molecule has 0 aromatic heterocycles. The van der Waals surface area contributed by atoms with Crippen LogP contribution in [-0.4, -0.2) is 23.8 Å². The van der Waals surface area contributed by atoms with Crippen molar-refractivity contribution in [1.82, 2.24) is 5.32 Å². The number of halogens is 1. The molecule has 1 saturated heterocycles. The Kier molecular flexibility index (Phi) is 4.37. The Bertz CT molecular complexity index is 111. The molecule has 0 aliphatic carbocycles. The molecule has 3 heteroatoms. The number of β-amino-alcohol motifs (C(OH)–C–C–N with tert-alkyl or cyclic N) is 1. The number of hydrogen-bond donors (Lipinski definition) is 2. The van der Waals surface area contributed by atoms with Crippen LogP contribution in [0.25, 0.3) is 0 Å². The van der Waals surface area contributed by atoms with Gasteiger partial charge >= 0.3 is 0 Å². The average molecular weight is 180 g/mol. The van der Waals surface area contributed by atoms with Gasteiger partial charge in [-0.1, -0.05) is 13.8 Å². The summed E-state index contributed by atoms with van der Waals surface area (Å²) in [4.78, 5) is 0. The fraction of sp³-hybridized carbons (Fsp3) is 1.00. The minimum absolute atomic E-state index is 0. The zero-order valence-electron chi connectivity index (χ0n) is 7.26. The normalized spacial score (nSPS) is 31.6. The maximum Gasteiger partial charge on any atom is 0.0794 e. The van der Waals surface area contributed by atoms with Crippen LogP contribution >= 0.6 is 12.4 Å². The summed E-state index contributed by atoms with van der Waals surface area (Å²) in [6, 6.07) is 0. The number of hydrogen-bond acceptors (Lipinski definition) is 2. The summed E-state index contributed by atoms with van der Waals surface area (Å²) >= 11 is 0. The van der Waals surface area contributed by atoms with Crippen molar-refractivity contribution >= 4 is 12.4 Å².